The Morgan fingerprint density at radius 2 is 1.64 bits per heavy atom. The van der Waals surface area contributed by atoms with E-state index in [1.165, 1.54) is 45.6 Å². The van der Waals surface area contributed by atoms with Crippen LogP contribution in [0.4, 0.5) is 10.1 Å². The zero-order valence-electron chi connectivity index (χ0n) is 19.3. The van der Waals surface area contributed by atoms with Gasteiger partial charge in [0.2, 0.25) is 0 Å². The predicted molar refractivity (Wildman–Crippen MR) is 134 cm³/mol. The van der Waals surface area contributed by atoms with Gasteiger partial charge in [0.1, 0.15) is 28.8 Å². The molecule has 36 heavy (non-hydrogen) atoms. The summed E-state index contributed by atoms with van der Waals surface area (Å²) in [6.07, 6.45) is 0. The van der Waals surface area contributed by atoms with E-state index in [2.05, 4.69) is 0 Å². The molecule has 10 heteroatoms. The van der Waals surface area contributed by atoms with E-state index in [-0.39, 0.29) is 38.4 Å². The first kappa shape index (κ1) is 25.3. The van der Waals surface area contributed by atoms with Crippen LogP contribution in [0.3, 0.4) is 0 Å². The van der Waals surface area contributed by atoms with E-state index in [9.17, 15) is 19.1 Å². The summed E-state index contributed by atoms with van der Waals surface area (Å²) in [5.41, 5.74) is 0.477. The molecular weight excluding hydrogens is 512 g/mol. The van der Waals surface area contributed by atoms with Gasteiger partial charge in [-0.25, -0.2) is 4.39 Å². The van der Waals surface area contributed by atoms with Crippen LogP contribution in [0.15, 0.2) is 60.2 Å². The van der Waals surface area contributed by atoms with Crippen LogP contribution < -0.4 is 19.1 Å². The van der Waals surface area contributed by atoms with E-state index in [0.717, 1.165) is 11.0 Å². The number of carbonyl (C=O) groups is 2. The first-order chi connectivity index (χ1) is 17.2. The lowest BCUT2D eigenvalue weighted by molar-refractivity contribution is -0.132. The van der Waals surface area contributed by atoms with Gasteiger partial charge in [-0.1, -0.05) is 35.3 Å². The molecule has 1 N–H and O–H groups in total. The minimum atomic E-state index is -1.10. The van der Waals surface area contributed by atoms with Crippen molar-refractivity contribution in [2.24, 2.45) is 0 Å². The van der Waals surface area contributed by atoms with Crippen molar-refractivity contribution in [1.82, 2.24) is 0 Å². The minimum Gasteiger partial charge on any atom is -0.507 e. The maximum atomic E-state index is 13.9. The lowest BCUT2D eigenvalue weighted by Gasteiger charge is -2.26. The molecule has 0 spiro atoms. The Morgan fingerprint density at radius 3 is 2.28 bits per heavy atom. The molecular formula is C26H20Cl2FNO6. The van der Waals surface area contributed by atoms with E-state index in [4.69, 9.17) is 37.4 Å². The molecule has 3 aromatic carbocycles. The number of hydrogen-bond acceptors (Lipinski definition) is 6. The molecule has 1 fully saturated rings. The van der Waals surface area contributed by atoms with Crippen LogP contribution >= 0.6 is 23.2 Å². The largest absolute Gasteiger partial charge is 0.507 e. The summed E-state index contributed by atoms with van der Waals surface area (Å²) in [4.78, 5) is 27.8. The van der Waals surface area contributed by atoms with Crippen molar-refractivity contribution >= 4 is 46.3 Å². The molecule has 1 aliphatic heterocycles. The number of aliphatic hydroxyl groups is 1. The second-order valence-corrected chi connectivity index (χ2v) is 8.55. The molecule has 1 atom stereocenters. The number of benzene rings is 3. The fourth-order valence-electron chi connectivity index (χ4n) is 4.05. The molecule has 1 amide bonds. The summed E-state index contributed by atoms with van der Waals surface area (Å²) in [5.74, 6) is -2.27. The Morgan fingerprint density at radius 1 is 0.917 bits per heavy atom. The summed E-state index contributed by atoms with van der Waals surface area (Å²) in [5, 5.41) is 11.4. The zero-order valence-corrected chi connectivity index (χ0v) is 20.9. The number of rotatable bonds is 6. The minimum absolute atomic E-state index is 0.0850. The van der Waals surface area contributed by atoms with E-state index >= 15 is 0 Å². The highest BCUT2D eigenvalue weighted by atomic mass is 35.5. The zero-order chi connectivity index (χ0) is 26.1. The first-order valence-electron chi connectivity index (χ1n) is 10.5. The van der Waals surface area contributed by atoms with Crippen LogP contribution in [0.5, 0.6) is 17.2 Å². The molecule has 1 saturated heterocycles. The molecule has 0 saturated carbocycles. The second kappa shape index (κ2) is 10.1. The molecule has 186 valence electrons. The van der Waals surface area contributed by atoms with Crippen molar-refractivity contribution in [3.8, 4) is 17.2 Å². The lowest BCUT2D eigenvalue weighted by atomic mass is 9.94. The van der Waals surface area contributed by atoms with Gasteiger partial charge in [-0.15, -0.1) is 0 Å². The Bertz CT molecular complexity index is 1410. The quantitative estimate of drug-likeness (QED) is 0.246. The first-order valence-corrected chi connectivity index (χ1v) is 11.3. The number of anilines is 1. The maximum absolute atomic E-state index is 13.9. The highest BCUT2D eigenvalue weighted by Gasteiger charge is 2.47. The molecule has 4 rings (SSSR count). The number of methoxy groups -OCH3 is 3. The number of ether oxygens (including phenoxy) is 3. The van der Waals surface area contributed by atoms with Crippen molar-refractivity contribution in [1.29, 1.82) is 0 Å². The van der Waals surface area contributed by atoms with Crippen LogP contribution in [0.2, 0.25) is 10.0 Å². The van der Waals surface area contributed by atoms with E-state index in [1.54, 1.807) is 24.3 Å². The molecule has 1 unspecified atom stereocenters. The van der Waals surface area contributed by atoms with Gasteiger partial charge in [0, 0.05) is 11.8 Å². The Kier molecular flexibility index (Phi) is 7.10. The average molecular weight is 532 g/mol. The second-order valence-electron chi connectivity index (χ2n) is 7.73. The number of Topliss-reactive ketones (excluding diaryl/α,β-unsaturated/α-hetero) is 1. The predicted octanol–water partition coefficient (Wildman–Crippen LogP) is 5.78. The third kappa shape index (κ3) is 4.34. The molecule has 0 aromatic heterocycles. The third-order valence-corrected chi connectivity index (χ3v) is 6.35. The monoisotopic (exact) mass is 531 g/mol. The molecule has 1 aliphatic rings. The van der Waals surface area contributed by atoms with Crippen molar-refractivity contribution in [2.45, 2.75) is 6.04 Å². The number of hydrogen-bond donors (Lipinski definition) is 1. The van der Waals surface area contributed by atoms with Gasteiger partial charge in [-0.3, -0.25) is 14.5 Å². The van der Waals surface area contributed by atoms with Crippen molar-refractivity contribution < 1.29 is 33.3 Å². The number of aliphatic hydroxyl groups excluding tert-OH is 1. The Hall–Kier alpha value is -3.75. The summed E-state index contributed by atoms with van der Waals surface area (Å²) in [7, 11) is 4.24. The van der Waals surface area contributed by atoms with E-state index in [0.29, 0.717) is 11.3 Å². The SMILES string of the molecule is COc1cccc(C2/C(=C(\O)c3cc(OC)c(Cl)cc3OC)C(=O)C(=O)N2c2ccc(F)c(Cl)c2)c1. The van der Waals surface area contributed by atoms with Crippen molar-refractivity contribution in [3.05, 3.63) is 87.2 Å². The number of amides is 1. The van der Waals surface area contributed by atoms with Gasteiger partial charge >= 0.3 is 0 Å². The van der Waals surface area contributed by atoms with Gasteiger partial charge in [-0.05, 0) is 42.0 Å². The third-order valence-electron chi connectivity index (χ3n) is 5.76. The highest BCUT2D eigenvalue weighted by molar-refractivity contribution is 6.52. The molecule has 0 aliphatic carbocycles. The van der Waals surface area contributed by atoms with Crippen LogP contribution in [-0.2, 0) is 9.59 Å². The summed E-state index contributed by atoms with van der Waals surface area (Å²) < 4.78 is 29.8. The fraction of sp³-hybridized carbons (Fsp3) is 0.154. The number of halogens is 3. The molecule has 3 aromatic rings. The number of nitrogens with zero attached hydrogens (tertiary/aromatic N) is 1. The molecule has 0 radical (unpaired) electrons. The van der Waals surface area contributed by atoms with Crippen LogP contribution in [0.25, 0.3) is 5.76 Å². The normalized spacial score (nSPS) is 16.8. The van der Waals surface area contributed by atoms with Gasteiger partial charge in [-0.2, -0.15) is 0 Å². The molecule has 1 heterocycles. The van der Waals surface area contributed by atoms with Crippen LogP contribution in [-0.4, -0.2) is 38.1 Å². The summed E-state index contributed by atoms with van der Waals surface area (Å²) in [6, 6.07) is 12.0. The average Bonchev–Trinajstić information content (AvgIpc) is 3.15. The van der Waals surface area contributed by atoms with Crippen molar-refractivity contribution in [3.63, 3.8) is 0 Å². The Balaban J connectivity index is 2.02. The van der Waals surface area contributed by atoms with E-state index < -0.39 is 29.3 Å². The number of carbonyl (C=O) groups excluding carboxylic acids is 2. The molecule has 0 bridgehead atoms. The van der Waals surface area contributed by atoms with Crippen LogP contribution in [0, 0.1) is 5.82 Å². The number of ketones is 1. The lowest BCUT2D eigenvalue weighted by Crippen LogP contribution is -2.29. The summed E-state index contributed by atoms with van der Waals surface area (Å²) >= 11 is 12.2. The van der Waals surface area contributed by atoms with E-state index in [1.807, 2.05) is 0 Å². The fourth-order valence-corrected chi connectivity index (χ4v) is 4.46. The maximum Gasteiger partial charge on any atom is 0.300 e. The van der Waals surface area contributed by atoms with Crippen LogP contribution in [0.1, 0.15) is 17.2 Å². The van der Waals surface area contributed by atoms with Gasteiger partial charge < -0.3 is 19.3 Å². The smallest absolute Gasteiger partial charge is 0.300 e. The standard InChI is InChI=1S/C26H20Cl2FNO6/c1-34-15-6-4-5-13(9-15)23-22(24(31)16-11-21(36-3)18(28)12-20(16)35-2)25(32)26(33)30(23)14-7-8-19(29)17(27)10-14/h4-12,23,31H,1-3H3/b24-22+. The Labute approximate surface area is 216 Å². The van der Waals surface area contributed by atoms with Gasteiger partial charge in [0.25, 0.3) is 11.7 Å². The van der Waals surface area contributed by atoms with Gasteiger partial charge in [0.15, 0.2) is 0 Å². The highest BCUT2D eigenvalue weighted by Crippen LogP contribution is 2.45. The van der Waals surface area contributed by atoms with Crippen molar-refractivity contribution in [2.75, 3.05) is 26.2 Å². The van der Waals surface area contributed by atoms with Gasteiger partial charge in [0.05, 0.1) is 48.6 Å². The topological polar surface area (TPSA) is 85.3 Å². The molecule has 7 nitrogen and oxygen atoms in total. The summed E-state index contributed by atoms with van der Waals surface area (Å²) in [6.45, 7) is 0.